The zero-order valence-corrected chi connectivity index (χ0v) is 16.2. The molecule has 0 saturated heterocycles. The Morgan fingerprint density at radius 3 is 2.54 bits per heavy atom. The Hall–Kier alpha value is -3.28. The van der Waals surface area contributed by atoms with E-state index in [9.17, 15) is 9.59 Å². The number of hydrogen-bond acceptors (Lipinski definition) is 4. The van der Waals surface area contributed by atoms with E-state index in [-0.39, 0.29) is 24.3 Å². The molecule has 0 aliphatic heterocycles. The van der Waals surface area contributed by atoms with E-state index in [2.05, 4.69) is 10.6 Å². The summed E-state index contributed by atoms with van der Waals surface area (Å²) in [4.78, 5) is 23.9. The molecule has 2 aromatic carbocycles. The second-order valence-corrected chi connectivity index (χ2v) is 6.61. The Morgan fingerprint density at radius 1 is 1.11 bits per heavy atom. The van der Waals surface area contributed by atoms with Gasteiger partial charge in [-0.05, 0) is 36.8 Å². The average Bonchev–Trinajstić information content (AvgIpc) is 3.10. The van der Waals surface area contributed by atoms with Gasteiger partial charge in [0.2, 0.25) is 11.8 Å². The van der Waals surface area contributed by atoms with Crippen molar-refractivity contribution in [1.29, 1.82) is 0 Å². The normalized spacial score (nSPS) is 11.8. The van der Waals surface area contributed by atoms with Crippen molar-refractivity contribution in [2.24, 2.45) is 0 Å². The van der Waals surface area contributed by atoms with Crippen LogP contribution in [0.1, 0.15) is 37.4 Å². The van der Waals surface area contributed by atoms with Gasteiger partial charge in [0.05, 0.1) is 25.8 Å². The maximum atomic E-state index is 12.5. The zero-order chi connectivity index (χ0) is 20.1. The maximum absolute atomic E-state index is 12.5. The Kier molecular flexibility index (Phi) is 5.99. The molecule has 3 aromatic rings. The van der Waals surface area contributed by atoms with Crippen molar-refractivity contribution in [2.75, 3.05) is 12.4 Å². The van der Waals surface area contributed by atoms with Crippen molar-refractivity contribution in [1.82, 2.24) is 5.32 Å². The fourth-order valence-electron chi connectivity index (χ4n) is 2.98. The van der Waals surface area contributed by atoms with E-state index in [4.69, 9.17) is 9.15 Å². The van der Waals surface area contributed by atoms with Gasteiger partial charge in [-0.25, -0.2) is 0 Å². The Balaban J connectivity index is 1.62. The van der Waals surface area contributed by atoms with Crippen LogP contribution in [0.5, 0.6) is 5.75 Å². The first-order valence-electron chi connectivity index (χ1n) is 9.23. The first kappa shape index (κ1) is 19.5. The molecule has 3 rings (SSSR count). The monoisotopic (exact) mass is 380 g/mol. The summed E-state index contributed by atoms with van der Waals surface area (Å²) in [6.07, 6.45) is 2.28. The number of methoxy groups -OCH3 is 1. The molecule has 0 saturated carbocycles. The molecule has 0 bridgehead atoms. The van der Waals surface area contributed by atoms with Crippen molar-refractivity contribution < 1.29 is 18.7 Å². The molecule has 2 amide bonds. The molecule has 6 nitrogen and oxygen atoms in total. The van der Waals surface area contributed by atoms with Crippen LogP contribution in [0.25, 0.3) is 11.0 Å². The highest BCUT2D eigenvalue weighted by Gasteiger charge is 2.14. The van der Waals surface area contributed by atoms with Gasteiger partial charge in [0, 0.05) is 29.1 Å². The lowest BCUT2D eigenvalue weighted by Crippen LogP contribution is -2.28. The minimum Gasteiger partial charge on any atom is -0.497 e. The minimum atomic E-state index is -0.151. The van der Waals surface area contributed by atoms with Crippen LogP contribution in [-0.4, -0.2) is 18.9 Å². The number of furan rings is 1. The van der Waals surface area contributed by atoms with Gasteiger partial charge in [0.15, 0.2) is 0 Å². The van der Waals surface area contributed by atoms with Gasteiger partial charge in [0.1, 0.15) is 11.3 Å². The highest BCUT2D eigenvalue weighted by atomic mass is 16.5. The Bertz CT molecular complexity index is 976. The summed E-state index contributed by atoms with van der Waals surface area (Å²) in [7, 11) is 1.60. The van der Waals surface area contributed by atoms with Crippen LogP contribution in [0.4, 0.5) is 5.69 Å². The van der Waals surface area contributed by atoms with Gasteiger partial charge in [-0.2, -0.15) is 0 Å². The number of rotatable bonds is 7. The second-order valence-electron chi connectivity index (χ2n) is 6.61. The molecule has 1 atom stereocenters. The number of carbonyl (C=O) groups is 2. The number of carbonyl (C=O) groups excluding carboxylic acids is 2. The first-order chi connectivity index (χ1) is 13.5. The average molecular weight is 380 g/mol. The van der Waals surface area contributed by atoms with Crippen molar-refractivity contribution in [2.45, 2.75) is 32.7 Å². The van der Waals surface area contributed by atoms with Crippen LogP contribution in [-0.2, 0) is 16.0 Å². The van der Waals surface area contributed by atoms with Crippen LogP contribution < -0.4 is 15.4 Å². The number of ether oxygens (including phenoxy) is 1. The highest BCUT2D eigenvalue weighted by Crippen LogP contribution is 2.26. The molecular weight excluding hydrogens is 356 g/mol. The van der Waals surface area contributed by atoms with E-state index >= 15 is 0 Å². The van der Waals surface area contributed by atoms with Gasteiger partial charge in [-0.1, -0.05) is 19.1 Å². The lowest BCUT2D eigenvalue weighted by atomic mass is 10.1. The number of nitrogens with one attached hydrogen (secondary N) is 2. The molecule has 0 fully saturated rings. The van der Waals surface area contributed by atoms with E-state index in [0.29, 0.717) is 17.8 Å². The summed E-state index contributed by atoms with van der Waals surface area (Å²) in [6, 6.07) is 12.9. The van der Waals surface area contributed by atoms with Crippen molar-refractivity contribution in [3.63, 3.8) is 0 Å². The third-order valence-corrected chi connectivity index (χ3v) is 4.61. The summed E-state index contributed by atoms with van der Waals surface area (Å²) in [6.45, 7) is 3.73. The van der Waals surface area contributed by atoms with Gasteiger partial charge < -0.3 is 19.8 Å². The van der Waals surface area contributed by atoms with Crippen molar-refractivity contribution in [3.8, 4) is 5.75 Å². The molecule has 0 aliphatic carbocycles. The van der Waals surface area contributed by atoms with E-state index in [1.165, 1.54) is 0 Å². The van der Waals surface area contributed by atoms with Crippen molar-refractivity contribution in [3.05, 3.63) is 59.9 Å². The molecule has 1 heterocycles. The quantitative estimate of drug-likeness (QED) is 0.643. The van der Waals surface area contributed by atoms with Crippen molar-refractivity contribution >= 4 is 28.5 Å². The van der Waals surface area contributed by atoms with Gasteiger partial charge in [-0.15, -0.1) is 0 Å². The summed E-state index contributed by atoms with van der Waals surface area (Å²) in [5.41, 5.74) is 3.24. The summed E-state index contributed by atoms with van der Waals surface area (Å²) >= 11 is 0. The Morgan fingerprint density at radius 2 is 1.86 bits per heavy atom. The SMILES string of the molecule is CCC(=O)Nc1ccc(C(C)NC(=O)Cc2coc3cc(OC)ccc23)cc1. The van der Waals surface area contributed by atoms with E-state index in [1.807, 2.05) is 43.3 Å². The highest BCUT2D eigenvalue weighted by molar-refractivity contribution is 5.90. The van der Waals surface area contributed by atoms with Crippen LogP contribution in [0.3, 0.4) is 0 Å². The van der Waals surface area contributed by atoms with Crippen LogP contribution in [0.2, 0.25) is 0 Å². The zero-order valence-electron chi connectivity index (χ0n) is 16.2. The number of benzene rings is 2. The number of anilines is 1. The lowest BCUT2D eigenvalue weighted by Gasteiger charge is -2.15. The molecular formula is C22H24N2O4. The predicted octanol–water partition coefficient (Wildman–Crippen LogP) is 4.21. The van der Waals surface area contributed by atoms with E-state index < -0.39 is 0 Å². The van der Waals surface area contributed by atoms with Crippen LogP contribution in [0, 0.1) is 0 Å². The van der Waals surface area contributed by atoms with Gasteiger partial charge >= 0.3 is 0 Å². The molecule has 28 heavy (non-hydrogen) atoms. The predicted molar refractivity (Wildman–Crippen MR) is 108 cm³/mol. The Labute approximate surface area is 163 Å². The molecule has 1 aromatic heterocycles. The fourth-order valence-corrected chi connectivity index (χ4v) is 2.98. The molecule has 1 unspecified atom stereocenters. The second kappa shape index (κ2) is 8.61. The molecule has 0 radical (unpaired) electrons. The molecule has 0 aliphatic rings. The summed E-state index contributed by atoms with van der Waals surface area (Å²) in [5, 5.41) is 6.71. The number of fused-ring (bicyclic) bond motifs is 1. The molecule has 6 heteroatoms. The lowest BCUT2D eigenvalue weighted by molar-refractivity contribution is -0.121. The van der Waals surface area contributed by atoms with E-state index in [1.54, 1.807) is 26.4 Å². The van der Waals surface area contributed by atoms with Crippen LogP contribution >= 0.6 is 0 Å². The number of hydrogen-bond donors (Lipinski definition) is 2. The third-order valence-electron chi connectivity index (χ3n) is 4.61. The molecule has 146 valence electrons. The minimum absolute atomic E-state index is 0.0286. The van der Waals surface area contributed by atoms with Gasteiger partial charge in [0.25, 0.3) is 0 Å². The molecule has 0 spiro atoms. The molecule has 2 N–H and O–H groups in total. The van der Waals surface area contributed by atoms with E-state index in [0.717, 1.165) is 22.2 Å². The third kappa shape index (κ3) is 4.52. The summed E-state index contributed by atoms with van der Waals surface area (Å²) < 4.78 is 10.7. The standard InChI is InChI=1S/C22H24N2O4/c1-4-21(25)24-17-7-5-15(6-8-17)14(2)23-22(26)11-16-13-28-20-12-18(27-3)9-10-19(16)20/h5-10,12-14H,4,11H2,1-3H3,(H,23,26)(H,24,25). The largest absolute Gasteiger partial charge is 0.497 e. The maximum Gasteiger partial charge on any atom is 0.225 e. The summed E-state index contributed by atoms with van der Waals surface area (Å²) in [5.74, 6) is 0.596. The smallest absolute Gasteiger partial charge is 0.225 e. The fraction of sp³-hybridized carbons (Fsp3) is 0.273. The number of amides is 2. The van der Waals surface area contributed by atoms with Gasteiger partial charge in [-0.3, -0.25) is 9.59 Å². The first-order valence-corrected chi connectivity index (χ1v) is 9.23. The topological polar surface area (TPSA) is 80.6 Å². The van der Waals surface area contributed by atoms with Crippen LogP contribution in [0.15, 0.2) is 53.1 Å².